The Morgan fingerprint density at radius 2 is 2.04 bits per heavy atom. The zero-order valence-corrected chi connectivity index (χ0v) is 14.8. The molecule has 6 heteroatoms. The molecule has 1 aromatic heterocycles. The van der Waals surface area contributed by atoms with Crippen molar-refractivity contribution < 1.29 is 4.74 Å². The van der Waals surface area contributed by atoms with Gasteiger partial charge < -0.3 is 9.30 Å². The van der Waals surface area contributed by atoms with Crippen molar-refractivity contribution in [2.45, 2.75) is 24.9 Å². The quantitative estimate of drug-likeness (QED) is 0.867. The lowest BCUT2D eigenvalue weighted by Crippen LogP contribution is -2.39. The largest absolute Gasteiger partial charge is 0.379 e. The minimum atomic E-state index is 0.271. The van der Waals surface area contributed by atoms with Crippen LogP contribution in [0.3, 0.4) is 0 Å². The highest BCUT2D eigenvalue weighted by atomic mass is 16.5. The zero-order valence-electron chi connectivity index (χ0n) is 14.8. The maximum atomic E-state index is 5.46. The van der Waals surface area contributed by atoms with E-state index in [4.69, 9.17) is 4.74 Å². The van der Waals surface area contributed by atoms with E-state index in [1.54, 1.807) is 0 Å². The van der Waals surface area contributed by atoms with E-state index in [2.05, 4.69) is 62.6 Å². The Morgan fingerprint density at radius 3 is 2.84 bits per heavy atom. The SMILES string of the molecule is CC(CN1CCOCC1)n1cncc1C1CNNC1c1ccccc1. The molecule has 2 aliphatic heterocycles. The number of rotatable bonds is 5. The highest BCUT2D eigenvalue weighted by Gasteiger charge is 2.32. The molecule has 0 spiro atoms. The lowest BCUT2D eigenvalue weighted by Gasteiger charge is -2.31. The lowest BCUT2D eigenvalue weighted by molar-refractivity contribution is 0.0324. The first-order valence-electron chi connectivity index (χ1n) is 9.18. The van der Waals surface area contributed by atoms with Crippen molar-refractivity contribution >= 4 is 0 Å². The summed E-state index contributed by atoms with van der Waals surface area (Å²) in [7, 11) is 0. The summed E-state index contributed by atoms with van der Waals surface area (Å²) in [5.74, 6) is 0.372. The van der Waals surface area contributed by atoms with Crippen molar-refractivity contribution in [1.29, 1.82) is 0 Å². The third-order valence-electron chi connectivity index (χ3n) is 5.32. The molecule has 2 aliphatic rings. The van der Waals surface area contributed by atoms with Crippen LogP contribution in [-0.2, 0) is 4.74 Å². The molecule has 6 nitrogen and oxygen atoms in total. The molecule has 25 heavy (non-hydrogen) atoms. The lowest BCUT2D eigenvalue weighted by atomic mass is 9.92. The van der Waals surface area contributed by atoms with E-state index in [0.29, 0.717) is 12.0 Å². The number of morpholine rings is 1. The van der Waals surface area contributed by atoms with Crippen molar-refractivity contribution in [2.24, 2.45) is 0 Å². The summed E-state index contributed by atoms with van der Waals surface area (Å²) in [4.78, 5) is 6.96. The van der Waals surface area contributed by atoms with Gasteiger partial charge in [-0.15, -0.1) is 0 Å². The number of hydrazine groups is 1. The molecule has 2 fully saturated rings. The number of nitrogens with zero attached hydrogens (tertiary/aromatic N) is 3. The fourth-order valence-corrected chi connectivity index (χ4v) is 3.96. The van der Waals surface area contributed by atoms with E-state index in [-0.39, 0.29) is 6.04 Å². The predicted octanol–water partition coefficient (Wildman–Crippen LogP) is 1.71. The molecule has 0 saturated carbocycles. The molecule has 134 valence electrons. The van der Waals surface area contributed by atoms with E-state index in [1.165, 1.54) is 11.3 Å². The Hall–Kier alpha value is -1.73. The van der Waals surface area contributed by atoms with Crippen LogP contribution in [0.5, 0.6) is 0 Å². The second-order valence-corrected chi connectivity index (χ2v) is 7.01. The highest BCUT2D eigenvalue weighted by molar-refractivity contribution is 5.26. The topological polar surface area (TPSA) is 54.4 Å². The third-order valence-corrected chi connectivity index (χ3v) is 5.32. The van der Waals surface area contributed by atoms with Gasteiger partial charge in [-0.1, -0.05) is 30.3 Å². The molecule has 3 heterocycles. The van der Waals surface area contributed by atoms with Crippen molar-refractivity contribution in [2.75, 3.05) is 39.4 Å². The molecule has 0 bridgehead atoms. The van der Waals surface area contributed by atoms with Gasteiger partial charge in [0, 0.05) is 50.0 Å². The zero-order chi connectivity index (χ0) is 17.1. The summed E-state index contributed by atoms with van der Waals surface area (Å²) in [5.41, 5.74) is 9.39. The maximum Gasteiger partial charge on any atom is 0.0951 e. The number of aromatic nitrogens is 2. The molecule has 0 aliphatic carbocycles. The molecular weight excluding hydrogens is 314 g/mol. The van der Waals surface area contributed by atoms with Gasteiger partial charge in [-0.2, -0.15) is 0 Å². The van der Waals surface area contributed by atoms with Crippen LogP contribution in [0.15, 0.2) is 42.9 Å². The van der Waals surface area contributed by atoms with Gasteiger partial charge in [0.05, 0.1) is 25.6 Å². The van der Waals surface area contributed by atoms with Gasteiger partial charge in [0.2, 0.25) is 0 Å². The predicted molar refractivity (Wildman–Crippen MR) is 97.3 cm³/mol. The maximum absolute atomic E-state index is 5.46. The van der Waals surface area contributed by atoms with Gasteiger partial charge in [-0.05, 0) is 12.5 Å². The summed E-state index contributed by atoms with van der Waals surface area (Å²) in [6, 6.07) is 11.3. The molecule has 1 aromatic carbocycles. The van der Waals surface area contributed by atoms with Gasteiger partial charge in [0.1, 0.15) is 0 Å². The van der Waals surface area contributed by atoms with Crippen LogP contribution < -0.4 is 10.9 Å². The molecule has 0 amide bonds. The summed E-state index contributed by atoms with van der Waals surface area (Å²) >= 11 is 0. The normalized spacial score (nSPS) is 26.0. The minimum Gasteiger partial charge on any atom is -0.379 e. The fourth-order valence-electron chi connectivity index (χ4n) is 3.96. The number of imidazole rings is 1. The van der Waals surface area contributed by atoms with Gasteiger partial charge in [0.25, 0.3) is 0 Å². The first-order chi connectivity index (χ1) is 12.3. The van der Waals surface area contributed by atoms with Gasteiger partial charge in [-0.25, -0.2) is 10.4 Å². The number of benzene rings is 1. The van der Waals surface area contributed by atoms with Gasteiger partial charge >= 0.3 is 0 Å². The number of ether oxygens (including phenoxy) is 1. The molecule has 3 atom stereocenters. The number of hydrogen-bond donors (Lipinski definition) is 2. The van der Waals surface area contributed by atoms with E-state index < -0.39 is 0 Å². The van der Waals surface area contributed by atoms with E-state index in [1.807, 2.05) is 12.5 Å². The first-order valence-corrected chi connectivity index (χ1v) is 9.18. The number of hydrogen-bond acceptors (Lipinski definition) is 5. The van der Waals surface area contributed by atoms with Gasteiger partial charge in [0.15, 0.2) is 0 Å². The van der Waals surface area contributed by atoms with Gasteiger partial charge in [-0.3, -0.25) is 10.3 Å². The molecule has 2 aromatic rings. The van der Waals surface area contributed by atoms with Crippen molar-refractivity contribution in [3.8, 4) is 0 Å². The Labute approximate surface area is 149 Å². The third kappa shape index (κ3) is 3.62. The van der Waals surface area contributed by atoms with E-state index >= 15 is 0 Å². The van der Waals surface area contributed by atoms with Crippen molar-refractivity contribution in [3.63, 3.8) is 0 Å². The standard InChI is InChI=1S/C19H27N5O/c1-15(13-23-7-9-25-10-8-23)24-14-20-12-18(24)17-11-21-22-19(17)16-5-3-2-4-6-16/h2-6,12,14-15,17,19,21-22H,7-11,13H2,1H3. The Morgan fingerprint density at radius 1 is 1.24 bits per heavy atom. The monoisotopic (exact) mass is 341 g/mol. The Balaban J connectivity index is 1.52. The summed E-state index contributed by atoms with van der Waals surface area (Å²) in [6.07, 6.45) is 4.02. The van der Waals surface area contributed by atoms with Crippen LogP contribution in [0.2, 0.25) is 0 Å². The van der Waals surface area contributed by atoms with Crippen LogP contribution in [0, 0.1) is 0 Å². The highest BCUT2D eigenvalue weighted by Crippen LogP contribution is 2.34. The smallest absolute Gasteiger partial charge is 0.0951 e. The summed E-state index contributed by atoms with van der Waals surface area (Å²) in [6.45, 7) is 7.97. The van der Waals surface area contributed by atoms with Crippen LogP contribution >= 0.6 is 0 Å². The average molecular weight is 341 g/mol. The Kier molecular flexibility index (Phi) is 5.12. The van der Waals surface area contributed by atoms with Crippen molar-refractivity contribution in [1.82, 2.24) is 25.3 Å². The molecular formula is C19H27N5O. The van der Waals surface area contributed by atoms with Crippen LogP contribution in [0.4, 0.5) is 0 Å². The second-order valence-electron chi connectivity index (χ2n) is 7.01. The van der Waals surface area contributed by atoms with E-state index in [9.17, 15) is 0 Å². The van der Waals surface area contributed by atoms with Crippen LogP contribution in [-0.4, -0.2) is 53.8 Å². The summed E-state index contributed by atoms with van der Waals surface area (Å²) in [5, 5.41) is 0. The van der Waals surface area contributed by atoms with Crippen molar-refractivity contribution in [3.05, 3.63) is 54.1 Å². The molecule has 0 radical (unpaired) electrons. The minimum absolute atomic E-state index is 0.271. The molecule has 2 N–H and O–H groups in total. The average Bonchev–Trinajstić information content (AvgIpc) is 3.32. The van der Waals surface area contributed by atoms with Crippen LogP contribution in [0.1, 0.15) is 36.2 Å². The molecule has 3 unspecified atom stereocenters. The van der Waals surface area contributed by atoms with E-state index in [0.717, 1.165) is 39.4 Å². The first kappa shape index (κ1) is 16.7. The Bertz CT molecular complexity index is 667. The molecule has 4 rings (SSSR count). The number of nitrogens with one attached hydrogen (secondary N) is 2. The fraction of sp³-hybridized carbons (Fsp3) is 0.526. The summed E-state index contributed by atoms with van der Waals surface area (Å²) < 4.78 is 7.81. The molecule has 2 saturated heterocycles. The van der Waals surface area contributed by atoms with Crippen LogP contribution in [0.25, 0.3) is 0 Å². The second kappa shape index (κ2) is 7.66.